The van der Waals surface area contributed by atoms with Crippen molar-refractivity contribution in [2.75, 3.05) is 12.0 Å². The maximum Gasteiger partial charge on any atom is 0.114 e. The minimum Gasteiger partial charge on any atom is -0.376 e. The van der Waals surface area contributed by atoms with Crippen LogP contribution in [0.4, 0.5) is 10.1 Å². The third-order valence-corrected chi connectivity index (χ3v) is 2.38. The summed E-state index contributed by atoms with van der Waals surface area (Å²) >= 11 is 0. The van der Waals surface area contributed by atoms with Crippen LogP contribution >= 0.6 is 0 Å². The lowest BCUT2D eigenvalue weighted by atomic mass is 10.1. The Hall–Kier alpha value is -1.90. The third kappa shape index (κ3) is 2.57. The van der Waals surface area contributed by atoms with E-state index in [1.54, 1.807) is 12.4 Å². The van der Waals surface area contributed by atoms with Crippen LogP contribution < -0.4 is 5.32 Å². The molecule has 0 saturated carbocycles. The molecular formula is C13H13FN2. The van der Waals surface area contributed by atoms with Gasteiger partial charge in [-0.1, -0.05) is 18.2 Å². The molecule has 0 bridgehead atoms. The molecule has 0 saturated heterocycles. The molecule has 0 fully saturated rings. The Balaban J connectivity index is 2.13. The predicted molar refractivity (Wildman–Crippen MR) is 63.0 cm³/mol. The van der Waals surface area contributed by atoms with Crippen LogP contribution in [0.1, 0.15) is 11.6 Å². The van der Waals surface area contributed by atoms with Gasteiger partial charge < -0.3 is 5.32 Å². The summed E-state index contributed by atoms with van der Waals surface area (Å²) in [6.07, 6.45) is 3.34. The molecule has 82 valence electrons. The van der Waals surface area contributed by atoms with Crippen LogP contribution in [-0.2, 0) is 0 Å². The van der Waals surface area contributed by atoms with E-state index in [0.29, 0.717) is 0 Å². The van der Waals surface area contributed by atoms with E-state index in [1.165, 1.54) is 0 Å². The van der Waals surface area contributed by atoms with Crippen LogP contribution in [0, 0.1) is 0 Å². The number of hydrogen-bond donors (Lipinski definition) is 1. The van der Waals surface area contributed by atoms with E-state index in [4.69, 9.17) is 0 Å². The van der Waals surface area contributed by atoms with Gasteiger partial charge >= 0.3 is 0 Å². The van der Waals surface area contributed by atoms with Crippen molar-refractivity contribution in [3.63, 3.8) is 0 Å². The van der Waals surface area contributed by atoms with Crippen LogP contribution in [0.5, 0.6) is 0 Å². The number of anilines is 1. The maximum atomic E-state index is 12.9. The van der Waals surface area contributed by atoms with Gasteiger partial charge in [-0.15, -0.1) is 0 Å². The lowest BCUT2D eigenvalue weighted by Crippen LogP contribution is -2.12. The number of benzene rings is 1. The summed E-state index contributed by atoms with van der Waals surface area (Å²) in [6, 6.07) is 12.9. The first-order chi connectivity index (χ1) is 7.90. The molecule has 2 nitrogen and oxygen atoms in total. The largest absolute Gasteiger partial charge is 0.376 e. The van der Waals surface area contributed by atoms with E-state index in [0.717, 1.165) is 11.3 Å². The van der Waals surface area contributed by atoms with Crippen molar-refractivity contribution in [2.45, 2.75) is 6.04 Å². The molecule has 16 heavy (non-hydrogen) atoms. The highest BCUT2D eigenvalue weighted by atomic mass is 19.1. The maximum absolute atomic E-state index is 12.9. The Morgan fingerprint density at radius 2 is 1.75 bits per heavy atom. The van der Waals surface area contributed by atoms with Crippen molar-refractivity contribution >= 4 is 5.69 Å². The summed E-state index contributed by atoms with van der Waals surface area (Å²) in [5.74, 6) is 0. The van der Waals surface area contributed by atoms with Gasteiger partial charge in [0.2, 0.25) is 0 Å². The summed E-state index contributed by atoms with van der Waals surface area (Å²) in [7, 11) is 0. The van der Waals surface area contributed by atoms with Gasteiger partial charge in [0.25, 0.3) is 0 Å². The molecule has 1 atom stereocenters. The summed E-state index contributed by atoms with van der Waals surface area (Å²) in [6.45, 7) is -0.446. The predicted octanol–water partition coefficient (Wildman–Crippen LogP) is 3.20. The minimum atomic E-state index is -0.446. The molecule has 1 aromatic carbocycles. The number of nitrogens with one attached hydrogen (secondary N) is 1. The normalized spacial score (nSPS) is 12.1. The minimum absolute atomic E-state index is 0.314. The summed E-state index contributed by atoms with van der Waals surface area (Å²) in [4.78, 5) is 3.92. The van der Waals surface area contributed by atoms with Crippen LogP contribution in [0.2, 0.25) is 0 Å². The number of rotatable bonds is 4. The third-order valence-electron chi connectivity index (χ3n) is 2.38. The number of nitrogens with zero attached hydrogens (tertiary/aromatic N) is 1. The number of aromatic nitrogens is 1. The molecule has 0 radical (unpaired) electrons. The molecular weight excluding hydrogens is 203 g/mol. The number of hydrogen-bond acceptors (Lipinski definition) is 2. The summed E-state index contributed by atoms with van der Waals surface area (Å²) < 4.78 is 12.9. The molecule has 0 aliphatic carbocycles. The van der Waals surface area contributed by atoms with E-state index in [1.807, 2.05) is 42.5 Å². The summed E-state index contributed by atoms with van der Waals surface area (Å²) in [5, 5.41) is 3.14. The molecule has 0 aliphatic rings. The van der Waals surface area contributed by atoms with E-state index in [9.17, 15) is 4.39 Å². The second-order valence-electron chi connectivity index (χ2n) is 3.50. The number of halogens is 1. The molecule has 1 N–H and O–H groups in total. The number of alkyl halides is 1. The molecule has 1 heterocycles. The molecule has 2 rings (SSSR count). The molecule has 1 aromatic heterocycles. The van der Waals surface area contributed by atoms with Gasteiger partial charge in [0.1, 0.15) is 6.67 Å². The zero-order chi connectivity index (χ0) is 11.2. The van der Waals surface area contributed by atoms with Crippen molar-refractivity contribution < 1.29 is 4.39 Å². The van der Waals surface area contributed by atoms with Crippen molar-refractivity contribution in [1.29, 1.82) is 0 Å². The highest BCUT2D eigenvalue weighted by Gasteiger charge is 2.09. The van der Waals surface area contributed by atoms with Gasteiger partial charge in [-0.25, -0.2) is 4.39 Å². The zero-order valence-electron chi connectivity index (χ0n) is 8.81. The molecule has 0 spiro atoms. The smallest absolute Gasteiger partial charge is 0.114 e. The lowest BCUT2D eigenvalue weighted by molar-refractivity contribution is 0.453. The monoisotopic (exact) mass is 216 g/mol. The number of pyridine rings is 1. The van der Waals surface area contributed by atoms with Crippen molar-refractivity contribution in [3.05, 3.63) is 60.4 Å². The standard InChI is InChI=1S/C13H13FN2/c14-10-13(11-6-8-15-9-7-11)16-12-4-2-1-3-5-12/h1-9,13,16H,10H2. The summed E-state index contributed by atoms with van der Waals surface area (Å²) in [5.41, 5.74) is 1.82. The van der Waals surface area contributed by atoms with Crippen molar-refractivity contribution in [3.8, 4) is 0 Å². The Kier molecular flexibility index (Phi) is 3.49. The average Bonchev–Trinajstić information content (AvgIpc) is 2.38. The van der Waals surface area contributed by atoms with Gasteiger partial charge in [-0.05, 0) is 29.8 Å². The highest BCUT2D eigenvalue weighted by molar-refractivity contribution is 5.45. The van der Waals surface area contributed by atoms with E-state index >= 15 is 0 Å². The second kappa shape index (κ2) is 5.26. The van der Waals surface area contributed by atoms with Crippen LogP contribution in [0.3, 0.4) is 0 Å². The molecule has 0 aliphatic heterocycles. The lowest BCUT2D eigenvalue weighted by Gasteiger charge is -2.16. The van der Waals surface area contributed by atoms with Crippen molar-refractivity contribution in [2.24, 2.45) is 0 Å². The molecule has 3 heteroatoms. The fourth-order valence-electron chi connectivity index (χ4n) is 1.54. The first-order valence-corrected chi connectivity index (χ1v) is 5.17. The van der Waals surface area contributed by atoms with Gasteiger partial charge in [0, 0.05) is 18.1 Å². The average molecular weight is 216 g/mol. The molecule has 1 unspecified atom stereocenters. The first-order valence-electron chi connectivity index (χ1n) is 5.17. The van der Waals surface area contributed by atoms with Gasteiger partial charge in [-0.3, -0.25) is 4.98 Å². The Labute approximate surface area is 94.2 Å². The van der Waals surface area contributed by atoms with Gasteiger partial charge in [0.05, 0.1) is 6.04 Å². The van der Waals surface area contributed by atoms with Gasteiger partial charge in [-0.2, -0.15) is 0 Å². The van der Waals surface area contributed by atoms with Crippen molar-refractivity contribution in [1.82, 2.24) is 4.98 Å². The van der Waals surface area contributed by atoms with Crippen LogP contribution in [-0.4, -0.2) is 11.7 Å². The fourth-order valence-corrected chi connectivity index (χ4v) is 1.54. The van der Waals surface area contributed by atoms with Gasteiger partial charge in [0.15, 0.2) is 0 Å². The zero-order valence-corrected chi connectivity index (χ0v) is 8.81. The fraction of sp³-hybridized carbons (Fsp3) is 0.154. The Bertz CT molecular complexity index is 416. The second-order valence-corrected chi connectivity index (χ2v) is 3.50. The molecule has 0 amide bonds. The first kappa shape index (κ1) is 10.6. The number of para-hydroxylation sites is 1. The highest BCUT2D eigenvalue weighted by Crippen LogP contribution is 2.19. The van der Waals surface area contributed by atoms with E-state index in [2.05, 4.69) is 10.3 Å². The van der Waals surface area contributed by atoms with E-state index in [-0.39, 0.29) is 6.04 Å². The van der Waals surface area contributed by atoms with Crippen LogP contribution in [0.25, 0.3) is 0 Å². The topological polar surface area (TPSA) is 24.9 Å². The van der Waals surface area contributed by atoms with Crippen LogP contribution in [0.15, 0.2) is 54.9 Å². The Morgan fingerprint density at radius 1 is 1.06 bits per heavy atom. The quantitative estimate of drug-likeness (QED) is 0.848. The van der Waals surface area contributed by atoms with E-state index < -0.39 is 6.67 Å². The molecule has 2 aromatic rings. The Morgan fingerprint density at radius 3 is 2.38 bits per heavy atom. The SMILES string of the molecule is FCC(Nc1ccccc1)c1ccncc1.